The van der Waals surface area contributed by atoms with Gasteiger partial charge in [-0.3, -0.25) is 4.90 Å². The number of hydrogen-bond donors (Lipinski definition) is 0. The molecule has 3 aromatic rings. The molecule has 2 unspecified atom stereocenters. The van der Waals surface area contributed by atoms with Gasteiger partial charge in [-0.15, -0.1) is 24.0 Å². The molecule has 0 N–H and O–H groups in total. The van der Waals surface area contributed by atoms with E-state index in [1.807, 2.05) is 6.07 Å². The third-order valence-electron chi connectivity index (χ3n) is 4.80. The number of hydrogen-bond acceptors (Lipinski definition) is 1. The van der Waals surface area contributed by atoms with Crippen molar-refractivity contribution in [1.29, 1.82) is 0 Å². The van der Waals surface area contributed by atoms with Gasteiger partial charge >= 0.3 is 0 Å². The Hall–Kier alpha value is -1.80. The summed E-state index contributed by atoms with van der Waals surface area (Å²) in [5.41, 5.74) is 3.82. The molecule has 0 spiro atoms. The maximum atomic E-state index is 6.96. The molecule has 0 fully saturated rings. The summed E-state index contributed by atoms with van der Waals surface area (Å²) in [5.74, 6) is 0. The summed E-state index contributed by atoms with van der Waals surface area (Å²) in [7, 11) is 0. The molecule has 0 aliphatic carbocycles. The second-order valence-electron chi connectivity index (χ2n) is 6.66. The predicted molar refractivity (Wildman–Crippen MR) is 118 cm³/mol. The number of benzene rings is 3. The third kappa shape index (κ3) is 6.10. The van der Waals surface area contributed by atoms with Crippen LogP contribution in [0, 0.1) is 0 Å². The van der Waals surface area contributed by atoms with Gasteiger partial charge in [0.25, 0.3) is 0 Å². The highest BCUT2D eigenvalue weighted by Crippen LogP contribution is 2.31. The fourth-order valence-corrected chi connectivity index (χ4v) is 3.92. The van der Waals surface area contributed by atoms with Crippen molar-refractivity contribution in [2.75, 3.05) is 0 Å². The molecule has 142 valence electrons. The Labute approximate surface area is 174 Å². The van der Waals surface area contributed by atoms with Crippen LogP contribution in [0.1, 0.15) is 35.4 Å². The molecule has 0 saturated carbocycles. The molecular weight excluding hydrogens is 373 g/mol. The number of nitrogens with zero attached hydrogens (tertiary/aromatic N) is 1. The van der Waals surface area contributed by atoms with Crippen LogP contribution < -0.4 is 0 Å². The highest BCUT2D eigenvalue weighted by Gasteiger charge is 2.26. The van der Waals surface area contributed by atoms with Crippen molar-refractivity contribution in [2.24, 2.45) is 0 Å². The van der Waals surface area contributed by atoms with E-state index < -0.39 is 0 Å². The minimum Gasteiger partial charge on any atom is -0.290 e. The molecule has 2 atom stereocenters. The standard InChI is InChI=1S/C24H26ClN.ClH/c1-2-23(24(25)22-16-10-5-11-17-22)26(18-20-12-6-3-7-13-20)19-21-14-8-4-9-15-21;/h3-17,23-24H,2,18-19H2,1H3;1H. The lowest BCUT2D eigenvalue weighted by Gasteiger charge is -2.34. The van der Waals surface area contributed by atoms with Crippen molar-refractivity contribution in [3.8, 4) is 0 Å². The Morgan fingerprint density at radius 3 is 1.52 bits per heavy atom. The zero-order chi connectivity index (χ0) is 18.2. The maximum Gasteiger partial charge on any atom is 0.0740 e. The van der Waals surface area contributed by atoms with Crippen molar-refractivity contribution in [1.82, 2.24) is 4.90 Å². The van der Waals surface area contributed by atoms with E-state index >= 15 is 0 Å². The quantitative estimate of drug-likeness (QED) is 0.373. The monoisotopic (exact) mass is 399 g/mol. The maximum absolute atomic E-state index is 6.96. The van der Waals surface area contributed by atoms with Crippen molar-refractivity contribution in [2.45, 2.75) is 37.9 Å². The van der Waals surface area contributed by atoms with Gasteiger partial charge in [-0.05, 0) is 23.1 Å². The Morgan fingerprint density at radius 1 is 0.704 bits per heavy atom. The van der Waals surface area contributed by atoms with Crippen molar-refractivity contribution >= 4 is 24.0 Å². The van der Waals surface area contributed by atoms with Crippen LogP contribution in [0.2, 0.25) is 0 Å². The third-order valence-corrected chi connectivity index (χ3v) is 5.34. The molecule has 0 aromatic heterocycles. The molecular formula is C24H27Cl2N. The van der Waals surface area contributed by atoms with E-state index in [2.05, 4.69) is 96.8 Å². The van der Waals surface area contributed by atoms with Gasteiger partial charge in [0.15, 0.2) is 0 Å². The first-order valence-electron chi connectivity index (χ1n) is 9.29. The Kier molecular flexibility index (Phi) is 8.87. The fraction of sp³-hybridized carbons (Fsp3) is 0.250. The van der Waals surface area contributed by atoms with Crippen LogP contribution in [0.15, 0.2) is 91.0 Å². The molecule has 0 bridgehead atoms. The summed E-state index contributed by atoms with van der Waals surface area (Å²) >= 11 is 6.96. The normalized spacial score (nSPS) is 13.0. The topological polar surface area (TPSA) is 3.24 Å². The first-order chi connectivity index (χ1) is 12.8. The van der Waals surface area contributed by atoms with E-state index in [-0.39, 0.29) is 23.8 Å². The van der Waals surface area contributed by atoms with E-state index in [0.29, 0.717) is 0 Å². The lowest BCUT2D eigenvalue weighted by molar-refractivity contribution is 0.167. The van der Waals surface area contributed by atoms with Gasteiger partial charge in [-0.1, -0.05) is 97.9 Å². The first kappa shape index (κ1) is 21.5. The van der Waals surface area contributed by atoms with E-state index in [0.717, 1.165) is 19.5 Å². The van der Waals surface area contributed by atoms with Gasteiger partial charge in [0, 0.05) is 19.1 Å². The number of rotatable bonds is 8. The molecule has 0 aliphatic rings. The summed E-state index contributed by atoms with van der Waals surface area (Å²) in [6, 6.07) is 32.0. The molecule has 0 radical (unpaired) electrons. The zero-order valence-corrected chi connectivity index (χ0v) is 17.2. The molecule has 3 aromatic carbocycles. The van der Waals surface area contributed by atoms with Gasteiger partial charge in [-0.2, -0.15) is 0 Å². The second-order valence-corrected chi connectivity index (χ2v) is 7.13. The summed E-state index contributed by atoms with van der Waals surface area (Å²) < 4.78 is 0. The molecule has 3 rings (SSSR count). The van der Waals surface area contributed by atoms with E-state index in [1.54, 1.807) is 0 Å². The second kappa shape index (κ2) is 11.1. The van der Waals surface area contributed by atoms with E-state index in [4.69, 9.17) is 11.6 Å². The lowest BCUT2D eigenvalue weighted by Crippen LogP contribution is -2.37. The largest absolute Gasteiger partial charge is 0.290 e. The predicted octanol–water partition coefficient (Wildman–Crippen LogP) is 6.87. The van der Waals surface area contributed by atoms with E-state index in [9.17, 15) is 0 Å². The Balaban J connectivity index is 0.00000261. The molecule has 3 heteroatoms. The molecule has 0 amide bonds. The average molecular weight is 400 g/mol. The molecule has 27 heavy (non-hydrogen) atoms. The molecule has 1 nitrogen and oxygen atoms in total. The molecule has 0 saturated heterocycles. The van der Waals surface area contributed by atoms with Gasteiger partial charge < -0.3 is 0 Å². The summed E-state index contributed by atoms with van der Waals surface area (Å²) in [6.45, 7) is 4.01. The van der Waals surface area contributed by atoms with E-state index in [1.165, 1.54) is 16.7 Å². The van der Waals surface area contributed by atoms with Crippen LogP contribution in [0.25, 0.3) is 0 Å². The van der Waals surface area contributed by atoms with Gasteiger partial charge in [0.2, 0.25) is 0 Å². The highest BCUT2D eigenvalue weighted by atomic mass is 35.5. The minimum atomic E-state index is -0.0337. The Morgan fingerprint density at radius 2 is 1.11 bits per heavy atom. The summed E-state index contributed by atoms with van der Waals surface area (Å²) in [4.78, 5) is 2.51. The fourth-order valence-electron chi connectivity index (χ4n) is 3.44. The van der Waals surface area contributed by atoms with Crippen molar-refractivity contribution < 1.29 is 0 Å². The summed E-state index contributed by atoms with van der Waals surface area (Å²) in [5, 5.41) is -0.0337. The van der Waals surface area contributed by atoms with Crippen molar-refractivity contribution in [3.63, 3.8) is 0 Å². The zero-order valence-electron chi connectivity index (χ0n) is 15.7. The number of halogens is 2. The summed E-state index contributed by atoms with van der Waals surface area (Å²) in [6.07, 6.45) is 1.00. The Bertz CT molecular complexity index is 721. The van der Waals surface area contributed by atoms with Gasteiger partial charge in [-0.25, -0.2) is 0 Å². The van der Waals surface area contributed by atoms with Crippen LogP contribution in [-0.2, 0) is 13.1 Å². The molecule has 0 heterocycles. The van der Waals surface area contributed by atoms with Crippen molar-refractivity contribution in [3.05, 3.63) is 108 Å². The van der Waals surface area contributed by atoms with Crippen LogP contribution in [0.4, 0.5) is 0 Å². The van der Waals surface area contributed by atoms with Gasteiger partial charge in [0.1, 0.15) is 0 Å². The van der Waals surface area contributed by atoms with Crippen LogP contribution in [-0.4, -0.2) is 10.9 Å². The SMILES string of the molecule is CCC(C(Cl)c1ccccc1)N(Cc1ccccc1)Cc1ccccc1.Cl. The lowest BCUT2D eigenvalue weighted by atomic mass is 10.00. The van der Waals surface area contributed by atoms with Crippen LogP contribution >= 0.6 is 24.0 Å². The number of alkyl halides is 1. The minimum absolute atomic E-state index is 0. The van der Waals surface area contributed by atoms with Gasteiger partial charge in [0.05, 0.1) is 5.38 Å². The van der Waals surface area contributed by atoms with Crippen LogP contribution in [0.5, 0.6) is 0 Å². The highest BCUT2D eigenvalue weighted by molar-refractivity contribution is 6.21. The first-order valence-corrected chi connectivity index (χ1v) is 9.72. The van der Waals surface area contributed by atoms with Crippen LogP contribution in [0.3, 0.4) is 0 Å². The average Bonchev–Trinajstić information content (AvgIpc) is 2.70. The molecule has 0 aliphatic heterocycles. The smallest absolute Gasteiger partial charge is 0.0740 e.